The number of piperazine rings is 1. The number of aryl methyl sites for hydroxylation is 1. The fraction of sp³-hybridized carbons (Fsp3) is 0.471. The third-order valence-electron chi connectivity index (χ3n) is 4.48. The maximum atomic E-state index is 13.2. The van der Waals surface area contributed by atoms with Crippen LogP contribution >= 0.6 is 0 Å². The molecule has 1 N–H and O–H groups in total. The van der Waals surface area contributed by atoms with Gasteiger partial charge in [-0.3, -0.25) is 0 Å². The van der Waals surface area contributed by atoms with Gasteiger partial charge in [-0.1, -0.05) is 12.1 Å². The van der Waals surface area contributed by atoms with E-state index >= 15 is 0 Å². The smallest absolute Gasteiger partial charge is 0.243 e. The zero-order chi connectivity index (χ0) is 17.9. The van der Waals surface area contributed by atoms with Crippen molar-refractivity contribution in [3.63, 3.8) is 0 Å². The molecule has 1 aliphatic heterocycles. The first-order valence-corrected chi connectivity index (χ1v) is 9.75. The Hall–Kier alpha value is -1.74. The number of methoxy groups -OCH3 is 1. The van der Waals surface area contributed by atoms with Crippen molar-refractivity contribution in [3.05, 3.63) is 48.0 Å². The molecule has 0 saturated carbocycles. The predicted molar refractivity (Wildman–Crippen MR) is 94.7 cm³/mol. The second-order valence-corrected chi connectivity index (χ2v) is 8.01. The van der Waals surface area contributed by atoms with E-state index in [-0.39, 0.29) is 6.04 Å². The molecule has 136 valence electrons. The van der Waals surface area contributed by atoms with Crippen LogP contribution in [-0.2, 0) is 28.2 Å². The van der Waals surface area contributed by atoms with Gasteiger partial charge in [0.15, 0.2) is 0 Å². The summed E-state index contributed by atoms with van der Waals surface area (Å²) in [5.41, 5.74) is 1.06. The summed E-state index contributed by atoms with van der Waals surface area (Å²) in [7, 11) is -0.0475. The Bertz CT molecular complexity index is 802. The molecule has 1 saturated heterocycles. The number of hydrogen-bond acceptors (Lipinski definition) is 5. The fourth-order valence-corrected chi connectivity index (χ4v) is 4.66. The lowest BCUT2D eigenvalue weighted by Gasteiger charge is -2.34. The maximum Gasteiger partial charge on any atom is 0.243 e. The van der Waals surface area contributed by atoms with Crippen LogP contribution in [0.2, 0.25) is 0 Å². The van der Waals surface area contributed by atoms with Crippen molar-refractivity contribution >= 4 is 10.0 Å². The number of hydrogen-bond donors (Lipinski definition) is 1. The van der Waals surface area contributed by atoms with Gasteiger partial charge in [-0.25, -0.2) is 13.4 Å². The number of nitrogens with one attached hydrogen (secondary N) is 1. The summed E-state index contributed by atoms with van der Waals surface area (Å²) in [5, 5.41) is 3.26. The molecule has 0 radical (unpaired) electrons. The number of nitrogens with zero attached hydrogens (tertiary/aromatic N) is 3. The van der Waals surface area contributed by atoms with Gasteiger partial charge in [-0.15, -0.1) is 0 Å². The molecule has 7 nitrogen and oxygen atoms in total. The molecule has 25 heavy (non-hydrogen) atoms. The lowest BCUT2D eigenvalue weighted by molar-refractivity contribution is 0.202. The largest absolute Gasteiger partial charge is 0.384 e. The lowest BCUT2D eigenvalue weighted by Crippen LogP contribution is -2.49. The number of aromatic nitrogens is 2. The van der Waals surface area contributed by atoms with Crippen molar-refractivity contribution in [1.29, 1.82) is 0 Å². The second-order valence-electron chi connectivity index (χ2n) is 6.12. The molecule has 0 spiro atoms. The first kappa shape index (κ1) is 18.1. The lowest BCUT2D eigenvalue weighted by atomic mass is 10.2. The Labute approximate surface area is 148 Å². The molecule has 0 aliphatic carbocycles. The molecule has 3 rings (SSSR count). The molecule has 1 aromatic heterocycles. The van der Waals surface area contributed by atoms with Crippen LogP contribution in [0.1, 0.15) is 17.4 Å². The molecular weight excluding hydrogens is 340 g/mol. The van der Waals surface area contributed by atoms with Crippen LogP contribution in [0, 0.1) is 0 Å². The molecule has 2 heterocycles. The summed E-state index contributed by atoms with van der Waals surface area (Å²) in [5.74, 6) is 0.743. The molecule has 0 bridgehead atoms. The Morgan fingerprint density at radius 1 is 1.32 bits per heavy atom. The minimum atomic E-state index is -3.58. The molecule has 1 fully saturated rings. The number of sulfonamides is 1. The Kier molecular flexibility index (Phi) is 5.53. The first-order chi connectivity index (χ1) is 12.0. The molecule has 1 aromatic carbocycles. The van der Waals surface area contributed by atoms with Crippen molar-refractivity contribution in [2.45, 2.75) is 17.4 Å². The van der Waals surface area contributed by atoms with Crippen molar-refractivity contribution in [2.75, 3.05) is 33.4 Å². The summed E-state index contributed by atoms with van der Waals surface area (Å²) in [6, 6.07) is 6.75. The van der Waals surface area contributed by atoms with E-state index in [1.165, 1.54) is 0 Å². The topological polar surface area (TPSA) is 76.5 Å². The van der Waals surface area contributed by atoms with E-state index in [0.29, 0.717) is 31.1 Å². The van der Waals surface area contributed by atoms with Crippen LogP contribution in [0.5, 0.6) is 0 Å². The normalized spacial score (nSPS) is 19.2. The van der Waals surface area contributed by atoms with Crippen LogP contribution in [-0.4, -0.2) is 55.6 Å². The van der Waals surface area contributed by atoms with Crippen molar-refractivity contribution in [2.24, 2.45) is 7.05 Å². The van der Waals surface area contributed by atoms with Gasteiger partial charge in [0.05, 0.1) is 17.5 Å². The average molecular weight is 364 g/mol. The highest BCUT2D eigenvalue weighted by atomic mass is 32.2. The summed E-state index contributed by atoms with van der Waals surface area (Å²) in [4.78, 5) is 4.66. The number of benzene rings is 1. The molecule has 1 unspecified atom stereocenters. The van der Waals surface area contributed by atoms with E-state index in [9.17, 15) is 8.42 Å². The van der Waals surface area contributed by atoms with Crippen LogP contribution < -0.4 is 5.32 Å². The van der Waals surface area contributed by atoms with Gasteiger partial charge in [0.25, 0.3) is 0 Å². The predicted octanol–water partition coefficient (Wildman–Crippen LogP) is 0.944. The van der Waals surface area contributed by atoms with E-state index in [4.69, 9.17) is 4.74 Å². The highest BCUT2D eigenvalue weighted by molar-refractivity contribution is 7.89. The first-order valence-electron chi connectivity index (χ1n) is 8.31. The van der Waals surface area contributed by atoms with Crippen LogP contribution in [0.15, 0.2) is 41.6 Å². The Morgan fingerprint density at radius 3 is 2.72 bits per heavy atom. The third kappa shape index (κ3) is 3.77. The van der Waals surface area contributed by atoms with E-state index in [2.05, 4.69) is 10.3 Å². The van der Waals surface area contributed by atoms with Crippen molar-refractivity contribution in [1.82, 2.24) is 19.2 Å². The summed E-state index contributed by atoms with van der Waals surface area (Å²) < 4.78 is 34.8. The van der Waals surface area contributed by atoms with E-state index in [1.54, 1.807) is 29.7 Å². The Balaban J connectivity index is 1.88. The van der Waals surface area contributed by atoms with Gasteiger partial charge < -0.3 is 14.6 Å². The fourth-order valence-electron chi connectivity index (χ4n) is 3.08. The molecule has 1 aliphatic rings. The van der Waals surface area contributed by atoms with Gasteiger partial charge in [0.1, 0.15) is 5.82 Å². The summed E-state index contributed by atoms with van der Waals surface area (Å²) in [6.07, 6.45) is 4.29. The minimum Gasteiger partial charge on any atom is -0.384 e. The van der Waals surface area contributed by atoms with Crippen LogP contribution in [0.3, 0.4) is 0 Å². The van der Waals surface area contributed by atoms with Gasteiger partial charge >= 0.3 is 0 Å². The molecule has 8 heteroatoms. The number of rotatable bonds is 6. The number of ether oxygens (including phenoxy) is 1. The third-order valence-corrected chi connectivity index (χ3v) is 6.40. The minimum absolute atomic E-state index is 0.313. The Morgan fingerprint density at radius 2 is 2.08 bits per heavy atom. The number of imidazole rings is 1. The standard InChI is InChI=1S/C17H24N4O3S/c1-20-10-9-19-17(20)16-13-18-8-11-21(16)25(22,23)15-5-3-14(4-6-15)7-12-24-2/h3-6,9-10,16,18H,7-8,11-13H2,1-2H3. The van der Waals surface area contributed by atoms with E-state index < -0.39 is 10.0 Å². The highest BCUT2D eigenvalue weighted by Gasteiger charge is 2.36. The second kappa shape index (κ2) is 7.65. The quantitative estimate of drug-likeness (QED) is 0.826. The molecular formula is C17H24N4O3S. The van der Waals surface area contributed by atoms with Crippen LogP contribution in [0.4, 0.5) is 0 Å². The van der Waals surface area contributed by atoms with Crippen LogP contribution in [0.25, 0.3) is 0 Å². The SMILES string of the molecule is COCCc1ccc(S(=O)(=O)N2CCNCC2c2nccn2C)cc1. The van der Waals surface area contributed by atoms with E-state index in [1.807, 2.05) is 29.9 Å². The zero-order valence-electron chi connectivity index (χ0n) is 14.6. The summed E-state index contributed by atoms with van der Waals surface area (Å²) >= 11 is 0. The van der Waals surface area contributed by atoms with Gasteiger partial charge in [-0.2, -0.15) is 4.31 Å². The van der Waals surface area contributed by atoms with Gasteiger partial charge in [0.2, 0.25) is 10.0 Å². The molecule has 0 amide bonds. The molecule has 1 atom stereocenters. The van der Waals surface area contributed by atoms with Gasteiger partial charge in [-0.05, 0) is 24.1 Å². The van der Waals surface area contributed by atoms with Gasteiger partial charge in [0, 0.05) is 46.2 Å². The van der Waals surface area contributed by atoms with Crippen molar-refractivity contribution < 1.29 is 13.2 Å². The summed E-state index contributed by atoms with van der Waals surface area (Å²) in [6.45, 7) is 2.22. The molecule has 2 aromatic rings. The van der Waals surface area contributed by atoms with E-state index in [0.717, 1.165) is 17.8 Å². The zero-order valence-corrected chi connectivity index (χ0v) is 15.4. The average Bonchev–Trinajstić information content (AvgIpc) is 3.06. The highest BCUT2D eigenvalue weighted by Crippen LogP contribution is 2.28. The maximum absolute atomic E-state index is 13.2. The van der Waals surface area contributed by atoms with Crippen molar-refractivity contribution in [3.8, 4) is 0 Å². The monoisotopic (exact) mass is 364 g/mol.